The number of hydrogen-bond donors (Lipinski definition) is 1. The van der Waals surface area contributed by atoms with Gasteiger partial charge in [-0.05, 0) is 56.5 Å². The number of carbonyl (C=O) groups excluding carboxylic acids is 1. The first-order valence-corrected chi connectivity index (χ1v) is 10.5. The molecule has 2 aromatic rings. The zero-order chi connectivity index (χ0) is 18.0. The van der Waals surface area contributed by atoms with E-state index in [0.29, 0.717) is 11.8 Å². The molecule has 3 nitrogen and oxygen atoms in total. The van der Waals surface area contributed by atoms with Crippen LogP contribution in [0.2, 0.25) is 0 Å². The van der Waals surface area contributed by atoms with Gasteiger partial charge in [-0.2, -0.15) is 0 Å². The molecule has 1 amide bonds. The Morgan fingerprint density at radius 3 is 2.58 bits per heavy atom. The van der Waals surface area contributed by atoms with Crippen LogP contribution in [-0.2, 0) is 11.2 Å². The van der Waals surface area contributed by atoms with Gasteiger partial charge >= 0.3 is 0 Å². The first kappa shape index (κ1) is 19.0. The molecule has 1 heterocycles. The SMILES string of the molecule is O=C(CSc1ccccc1)NC1CCCN(CCCc2ccccc2)C1. The van der Waals surface area contributed by atoms with Gasteiger partial charge in [0, 0.05) is 17.5 Å². The molecule has 1 aliphatic heterocycles. The summed E-state index contributed by atoms with van der Waals surface area (Å²) in [7, 11) is 0. The van der Waals surface area contributed by atoms with E-state index in [4.69, 9.17) is 0 Å². The molecule has 0 spiro atoms. The fraction of sp³-hybridized carbons (Fsp3) is 0.409. The monoisotopic (exact) mass is 368 g/mol. The Balaban J connectivity index is 1.35. The average Bonchev–Trinajstić information content (AvgIpc) is 2.68. The summed E-state index contributed by atoms with van der Waals surface area (Å²) in [6, 6.07) is 21.1. The van der Waals surface area contributed by atoms with E-state index in [1.54, 1.807) is 11.8 Å². The lowest BCUT2D eigenvalue weighted by atomic mass is 10.0. The number of hydrogen-bond acceptors (Lipinski definition) is 3. The van der Waals surface area contributed by atoms with Gasteiger partial charge in [0.2, 0.25) is 5.91 Å². The first-order valence-electron chi connectivity index (χ1n) is 9.53. The quantitative estimate of drug-likeness (QED) is 0.715. The Morgan fingerprint density at radius 2 is 1.81 bits per heavy atom. The van der Waals surface area contributed by atoms with Crippen molar-refractivity contribution in [2.75, 3.05) is 25.4 Å². The molecule has 1 fully saturated rings. The fourth-order valence-corrected chi connectivity index (χ4v) is 4.19. The van der Waals surface area contributed by atoms with Crippen LogP contribution in [0.5, 0.6) is 0 Å². The van der Waals surface area contributed by atoms with Crippen LogP contribution in [0.25, 0.3) is 0 Å². The molecule has 1 unspecified atom stereocenters. The molecule has 0 aromatic heterocycles. The van der Waals surface area contributed by atoms with E-state index in [1.807, 2.05) is 30.3 Å². The minimum absolute atomic E-state index is 0.148. The number of carbonyl (C=O) groups is 1. The Labute approximate surface area is 161 Å². The standard InChI is InChI=1S/C22H28N2OS/c25-22(18-26-21-13-5-2-6-14-21)23-20-12-8-16-24(17-20)15-7-11-19-9-3-1-4-10-19/h1-6,9-10,13-14,20H,7-8,11-12,15-18H2,(H,23,25). The summed E-state index contributed by atoms with van der Waals surface area (Å²) in [5.41, 5.74) is 1.41. The number of aryl methyl sites for hydroxylation is 1. The fourth-order valence-electron chi connectivity index (χ4n) is 3.46. The summed E-state index contributed by atoms with van der Waals surface area (Å²) in [5, 5.41) is 3.23. The summed E-state index contributed by atoms with van der Waals surface area (Å²) in [6.07, 6.45) is 4.57. The third-order valence-electron chi connectivity index (χ3n) is 4.77. The van der Waals surface area contributed by atoms with Gasteiger partial charge in [0.25, 0.3) is 0 Å². The summed E-state index contributed by atoms with van der Waals surface area (Å²) in [4.78, 5) is 15.9. The third-order valence-corrected chi connectivity index (χ3v) is 5.78. The van der Waals surface area contributed by atoms with Gasteiger partial charge in [-0.1, -0.05) is 48.5 Å². The number of likely N-dealkylation sites (tertiary alicyclic amines) is 1. The van der Waals surface area contributed by atoms with Crippen molar-refractivity contribution in [2.45, 2.75) is 36.6 Å². The summed E-state index contributed by atoms with van der Waals surface area (Å²) >= 11 is 1.60. The molecule has 1 N–H and O–H groups in total. The van der Waals surface area contributed by atoms with Crippen LogP contribution in [0.3, 0.4) is 0 Å². The third kappa shape index (κ3) is 6.50. The number of benzene rings is 2. The molecule has 1 saturated heterocycles. The second-order valence-corrected chi connectivity index (χ2v) is 7.95. The molecule has 4 heteroatoms. The number of piperidine rings is 1. The highest BCUT2D eigenvalue weighted by Gasteiger charge is 2.21. The molecule has 0 radical (unpaired) electrons. The predicted octanol–water partition coefficient (Wildman–Crippen LogP) is 3.99. The number of nitrogens with zero attached hydrogens (tertiary/aromatic N) is 1. The Bertz CT molecular complexity index is 662. The molecule has 3 rings (SSSR count). The van der Waals surface area contributed by atoms with Crippen LogP contribution in [0.1, 0.15) is 24.8 Å². The summed E-state index contributed by atoms with van der Waals surface area (Å²) in [6.45, 7) is 3.25. The Morgan fingerprint density at radius 1 is 1.08 bits per heavy atom. The van der Waals surface area contributed by atoms with Gasteiger partial charge in [-0.3, -0.25) is 4.79 Å². The maximum absolute atomic E-state index is 12.2. The highest BCUT2D eigenvalue weighted by Crippen LogP contribution is 2.17. The molecular weight excluding hydrogens is 340 g/mol. The van der Waals surface area contributed by atoms with Crippen LogP contribution < -0.4 is 5.32 Å². The van der Waals surface area contributed by atoms with Crippen molar-refractivity contribution in [2.24, 2.45) is 0 Å². The number of amides is 1. The Kier molecular flexibility index (Phi) is 7.59. The minimum Gasteiger partial charge on any atom is -0.351 e. The molecule has 0 aliphatic carbocycles. The molecule has 138 valence electrons. The van der Waals surface area contributed by atoms with Crippen LogP contribution in [0, 0.1) is 0 Å². The van der Waals surface area contributed by atoms with E-state index in [2.05, 4.69) is 40.5 Å². The smallest absolute Gasteiger partial charge is 0.230 e. The number of nitrogens with one attached hydrogen (secondary N) is 1. The molecular formula is C22H28N2OS. The number of rotatable bonds is 8. The Hall–Kier alpha value is -1.78. The highest BCUT2D eigenvalue weighted by atomic mass is 32.2. The van der Waals surface area contributed by atoms with Gasteiger partial charge < -0.3 is 10.2 Å². The summed E-state index contributed by atoms with van der Waals surface area (Å²) < 4.78 is 0. The lowest BCUT2D eigenvalue weighted by Gasteiger charge is -2.33. The van der Waals surface area contributed by atoms with Gasteiger partial charge in [0.05, 0.1) is 5.75 Å². The maximum Gasteiger partial charge on any atom is 0.230 e. The lowest BCUT2D eigenvalue weighted by molar-refractivity contribution is -0.119. The van der Waals surface area contributed by atoms with Crippen molar-refractivity contribution in [3.8, 4) is 0 Å². The van der Waals surface area contributed by atoms with E-state index in [-0.39, 0.29) is 5.91 Å². The molecule has 1 aliphatic rings. The van der Waals surface area contributed by atoms with E-state index in [1.165, 1.54) is 18.4 Å². The second-order valence-electron chi connectivity index (χ2n) is 6.90. The van der Waals surface area contributed by atoms with Crippen molar-refractivity contribution in [1.82, 2.24) is 10.2 Å². The van der Waals surface area contributed by atoms with E-state index in [0.717, 1.165) is 37.4 Å². The van der Waals surface area contributed by atoms with Crippen LogP contribution in [0.15, 0.2) is 65.6 Å². The van der Waals surface area contributed by atoms with Crippen LogP contribution in [0.4, 0.5) is 0 Å². The van der Waals surface area contributed by atoms with Crippen LogP contribution in [-0.4, -0.2) is 42.2 Å². The predicted molar refractivity (Wildman–Crippen MR) is 110 cm³/mol. The molecule has 2 aromatic carbocycles. The lowest BCUT2D eigenvalue weighted by Crippen LogP contribution is -2.48. The van der Waals surface area contributed by atoms with Crippen LogP contribution >= 0.6 is 11.8 Å². The zero-order valence-corrected chi connectivity index (χ0v) is 16.1. The van der Waals surface area contributed by atoms with Gasteiger partial charge in [-0.15, -0.1) is 11.8 Å². The molecule has 26 heavy (non-hydrogen) atoms. The van der Waals surface area contributed by atoms with E-state index in [9.17, 15) is 4.79 Å². The number of thioether (sulfide) groups is 1. The zero-order valence-electron chi connectivity index (χ0n) is 15.3. The average molecular weight is 369 g/mol. The first-order chi connectivity index (χ1) is 12.8. The van der Waals surface area contributed by atoms with Crippen molar-refractivity contribution in [3.05, 3.63) is 66.2 Å². The summed E-state index contributed by atoms with van der Waals surface area (Å²) in [5.74, 6) is 0.643. The van der Waals surface area contributed by atoms with E-state index >= 15 is 0 Å². The van der Waals surface area contributed by atoms with E-state index < -0.39 is 0 Å². The normalized spacial score (nSPS) is 17.8. The van der Waals surface area contributed by atoms with Crippen molar-refractivity contribution in [3.63, 3.8) is 0 Å². The molecule has 0 saturated carbocycles. The van der Waals surface area contributed by atoms with Crippen molar-refractivity contribution in [1.29, 1.82) is 0 Å². The van der Waals surface area contributed by atoms with Gasteiger partial charge in [0.15, 0.2) is 0 Å². The maximum atomic E-state index is 12.2. The minimum atomic E-state index is 0.148. The second kappa shape index (κ2) is 10.4. The topological polar surface area (TPSA) is 32.3 Å². The highest BCUT2D eigenvalue weighted by molar-refractivity contribution is 8.00. The largest absolute Gasteiger partial charge is 0.351 e. The van der Waals surface area contributed by atoms with Crippen molar-refractivity contribution < 1.29 is 4.79 Å². The van der Waals surface area contributed by atoms with Gasteiger partial charge in [0.1, 0.15) is 0 Å². The molecule has 0 bridgehead atoms. The molecule has 1 atom stereocenters. The van der Waals surface area contributed by atoms with Gasteiger partial charge in [-0.25, -0.2) is 0 Å². The van der Waals surface area contributed by atoms with Crippen molar-refractivity contribution >= 4 is 17.7 Å².